The predicted octanol–water partition coefficient (Wildman–Crippen LogP) is 0.923. The number of carbonyl (C=O) groups is 3. The maximum absolute atomic E-state index is 11.3. The van der Waals surface area contributed by atoms with Crippen LogP contribution in [0.3, 0.4) is 0 Å². The van der Waals surface area contributed by atoms with Gasteiger partial charge in [-0.05, 0) is 12.1 Å². The minimum absolute atomic E-state index is 0.201. The molecular formula is C9H5ClN2O3. The van der Waals surface area contributed by atoms with Crippen molar-refractivity contribution in [2.24, 2.45) is 0 Å². The number of nitrogens with zero attached hydrogens (tertiary/aromatic N) is 1. The summed E-state index contributed by atoms with van der Waals surface area (Å²) in [4.78, 5) is 34.2. The zero-order valence-electron chi connectivity index (χ0n) is 7.36. The summed E-state index contributed by atoms with van der Waals surface area (Å²) >= 11 is 5.80. The van der Waals surface area contributed by atoms with Gasteiger partial charge in [0.1, 0.15) is 0 Å². The Kier molecular flexibility index (Phi) is 2.17. The number of imide groups is 2. The van der Waals surface area contributed by atoms with Crippen molar-refractivity contribution >= 4 is 35.1 Å². The molecule has 0 radical (unpaired) electrons. The Bertz CT molecular complexity index is 472. The largest absolute Gasteiger partial charge is 0.336 e. The fourth-order valence-electron chi connectivity index (χ4n) is 1.25. The number of para-hydroxylation sites is 1. The van der Waals surface area contributed by atoms with Crippen LogP contribution in [-0.2, 0) is 9.59 Å². The molecule has 1 aromatic carbocycles. The summed E-state index contributed by atoms with van der Waals surface area (Å²) in [5, 5.41) is 2.11. The molecule has 1 saturated heterocycles. The minimum Gasteiger partial charge on any atom is -0.269 e. The van der Waals surface area contributed by atoms with Crippen LogP contribution in [0.15, 0.2) is 24.3 Å². The molecule has 0 bridgehead atoms. The van der Waals surface area contributed by atoms with E-state index in [2.05, 4.69) is 0 Å². The van der Waals surface area contributed by atoms with Crippen LogP contribution >= 0.6 is 11.6 Å². The van der Waals surface area contributed by atoms with E-state index in [1.807, 2.05) is 5.32 Å². The number of hydrogen-bond donors (Lipinski definition) is 1. The fraction of sp³-hybridized carbons (Fsp3) is 0. The van der Waals surface area contributed by atoms with Gasteiger partial charge in [-0.3, -0.25) is 14.9 Å². The standard InChI is InChI=1S/C9H5ClN2O3/c10-5-3-1-2-4-6(5)12-8(14)7(13)11-9(12)15/h1-4H,(H,11,13,15). The first-order chi connectivity index (χ1) is 7.11. The highest BCUT2D eigenvalue weighted by Gasteiger charge is 2.38. The molecule has 1 heterocycles. The molecule has 1 aliphatic heterocycles. The third-order valence-electron chi connectivity index (χ3n) is 1.91. The van der Waals surface area contributed by atoms with Crippen molar-refractivity contribution in [2.75, 3.05) is 4.90 Å². The van der Waals surface area contributed by atoms with E-state index in [0.717, 1.165) is 0 Å². The van der Waals surface area contributed by atoms with Gasteiger partial charge in [0.2, 0.25) is 0 Å². The monoisotopic (exact) mass is 224 g/mol. The van der Waals surface area contributed by atoms with E-state index in [-0.39, 0.29) is 10.7 Å². The van der Waals surface area contributed by atoms with Crippen LogP contribution in [0, 0.1) is 0 Å². The number of benzene rings is 1. The van der Waals surface area contributed by atoms with Crippen molar-refractivity contribution in [1.29, 1.82) is 0 Å². The molecule has 0 spiro atoms. The predicted molar refractivity (Wildman–Crippen MR) is 52.5 cm³/mol. The highest BCUT2D eigenvalue weighted by Crippen LogP contribution is 2.26. The van der Waals surface area contributed by atoms with Crippen LogP contribution in [0.2, 0.25) is 5.02 Å². The number of hydrogen-bond acceptors (Lipinski definition) is 3. The molecule has 0 atom stereocenters. The second-order valence-corrected chi connectivity index (χ2v) is 3.26. The second-order valence-electron chi connectivity index (χ2n) is 2.85. The number of halogens is 1. The molecule has 4 amide bonds. The molecule has 0 saturated carbocycles. The van der Waals surface area contributed by atoms with E-state index in [0.29, 0.717) is 4.90 Å². The van der Waals surface area contributed by atoms with Crippen molar-refractivity contribution in [3.8, 4) is 0 Å². The Hall–Kier alpha value is -1.88. The highest BCUT2D eigenvalue weighted by molar-refractivity contribution is 6.53. The topological polar surface area (TPSA) is 66.5 Å². The number of urea groups is 1. The normalized spacial score (nSPS) is 15.8. The summed E-state index contributed by atoms with van der Waals surface area (Å²) in [7, 11) is 0. The number of rotatable bonds is 1. The summed E-state index contributed by atoms with van der Waals surface area (Å²) in [5.74, 6) is -1.87. The van der Waals surface area contributed by atoms with E-state index in [1.165, 1.54) is 12.1 Å². The van der Waals surface area contributed by atoms with Gasteiger partial charge in [0.25, 0.3) is 0 Å². The molecule has 0 aromatic heterocycles. The highest BCUT2D eigenvalue weighted by atomic mass is 35.5. The molecule has 6 heteroatoms. The maximum Gasteiger partial charge on any atom is 0.336 e. The average Bonchev–Trinajstić information content (AvgIpc) is 2.43. The van der Waals surface area contributed by atoms with Gasteiger partial charge in [-0.1, -0.05) is 23.7 Å². The maximum atomic E-state index is 11.3. The van der Waals surface area contributed by atoms with Crippen molar-refractivity contribution in [2.45, 2.75) is 0 Å². The lowest BCUT2D eigenvalue weighted by Gasteiger charge is -2.12. The Balaban J connectivity index is 2.48. The number of anilines is 1. The summed E-state index contributed by atoms with van der Waals surface area (Å²) < 4.78 is 0. The Morgan fingerprint density at radius 3 is 2.33 bits per heavy atom. The molecule has 15 heavy (non-hydrogen) atoms. The SMILES string of the molecule is O=C1NC(=O)N(c2ccccc2Cl)C1=O. The van der Waals surface area contributed by atoms with Crippen LogP contribution in [0.4, 0.5) is 10.5 Å². The van der Waals surface area contributed by atoms with Gasteiger partial charge in [0.15, 0.2) is 0 Å². The van der Waals surface area contributed by atoms with E-state index < -0.39 is 17.8 Å². The third kappa shape index (κ3) is 1.46. The lowest BCUT2D eigenvalue weighted by atomic mass is 10.3. The first-order valence-electron chi connectivity index (χ1n) is 4.05. The molecule has 1 fully saturated rings. The van der Waals surface area contributed by atoms with Crippen LogP contribution in [0.25, 0.3) is 0 Å². The van der Waals surface area contributed by atoms with Gasteiger partial charge in [-0.25, -0.2) is 9.69 Å². The van der Waals surface area contributed by atoms with E-state index in [1.54, 1.807) is 12.1 Å². The first-order valence-corrected chi connectivity index (χ1v) is 4.43. The smallest absolute Gasteiger partial charge is 0.269 e. The Morgan fingerprint density at radius 2 is 1.80 bits per heavy atom. The summed E-state index contributed by atoms with van der Waals surface area (Å²) in [6.45, 7) is 0. The Labute approximate surface area is 89.6 Å². The van der Waals surface area contributed by atoms with Crippen molar-refractivity contribution in [1.82, 2.24) is 5.32 Å². The van der Waals surface area contributed by atoms with Crippen LogP contribution < -0.4 is 10.2 Å². The molecule has 76 valence electrons. The minimum atomic E-state index is -0.945. The van der Waals surface area contributed by atoms with Crippen molar-refractivity contribution in [3.05, 3.63) is 29.3 Å². The molecule has 0 unspecified atom stereocenters. The van der Waals surface area contributed by atoms with Crippen molar-refractivity contribution in [3.63, 3.8) is 0 Å². The lowest BCUT2D eigenvalue weighted by Crippen LogP contribution is -2.30. The van der Waals surface area contributed by atoms with Gasteiger partial charge < -0.3 is 0 Å². The van der Waals surface area contributed by atoms with E-state index in [4.69, 9.17) is 11.6 Å². The molecule has 5 nitrogen and oxygen atoms in total. The van der Waals surface area contributed by atoms with Gasteiger partial charge in [-0.2, -0.15) is 0 Å². The molecule has 0 aliphatic carbocycles. The quantitative estimate of drug-likeness (QED) is 0.570. The zero-order chi connectivity index (χ0) is 11.0. The first kappa shape index (κ1) is 9.67. The third-order valence-corrected chi connectivity index (χ3v) is 2.23. The fourth-order valence-corrected chi connectivity index (χ4v) is 1.47. The molecule has 1 aromatic rings. The van der Waals surface area contributed by atoms with Gasteiger partial charge >= 0.3 is 17.8 Å². The molecule has 2 rings (SSSR count). The van der Waals surface area contributed by atoms with Gasteiger partial charge in [0, 0.05) is 0 Å². The van der Waals surface area contributed by atoms with Gasteiger partial charge in [0.05, 0.1) is 10.7 Å². The lowest BCUT2D eigenvalue weighted by molar-refractivity contribution is -0.134. The average molecular weight is 225 g/mol. The zero-order valence-corrected chi connectivity index (χ0v) is 8.12. The van der Waals surface area contributed by atoms with Gasteiger partial charge in [-0.15, -0.1) is 0 Å². The summed E-state index contributed by atoms with van der Waals surface area (Å²) in [6, 6.07) is 5.51. The van der Waals surface area contributed by atoms with E-state index in [9.17, 15) is 14.4 Å². The molecule has 1 N–H and O–H groups in total. The summed E-state index contributed by atoms with van der Waals surface area (Å²) in [6.07, 6.45) is 0. The van der Waals surface area contributed by atoms with Crippen LogP contribution in [-0.4, -0.2) is 17.8 Å². The number of carbonyl (C=O) groups excluding carboxylic acids is 3. The summed E-state index contributed by atoms with van der Waals surface area (Å²) in [5.41, 5.74) is 0.201. The van der Waals surface area contributed by atoms with E-state index >= 15 is 0 Å². The van der Waals surface area contributed by atoms with Crippen molar-refractivity contribution < 1.29 is 14.4 Å². The second kappa shape index (κ2) is 3.36. The Morgan fingerprint density at radius 1 is 1.13 bits per heavy atom. The number of amides is 4. The molecule has 1 aliphatic rings. The molecular weight excluding hydrogens is 220 g/mol. The van der Waals surface area contributed by atoms with Crippen LogP contribution in [0.1, 0.15) is 0 Å². The number of nitrogens with one attached hydrogen (secondary N) is 1. The van der Waals surface area contributed by atoms with Crippen LogP contribution in [0.5, 0.6) is 0 Å².